The van der Waals surface area contributed by atoms with Crippen molar-refractivity contribution in [3.8, 4) is 0 Å². The highest BCUT2D eigenvalue weighted by atomic mass is 35.5. The molecule has 2 nitrogen and oxygen atoms in total. The van der Waals surface area contributed by atoms with E-state index in [9.17, 15) is 4.79 Å². The van der Waals surface area contributed by atoms with Gasteiger partial charge in [0.05, 0.1) is 5.54 Å². The first-order valence-electron chi connectivity index (χ1n) is 6.83. The summed E-state index contributed by atoms with van der Waals surface area (Å²) in [6.07, 6.45) is 0.698. The van der Waals surface area contributed by atoms with Gasteiger partial charge in [-0.15, -0.1) is 23.2 Å². The van der Waals surface area contributed by atoms with E-state index in [1.165, 1.54) is 0 Å². The summed E-state index contributed by atoms with van der Waals surface area (Å²) < 4.78 is 0. The molecule has 0 unspecified atom stereocenters. The van der Waals surface area contributed by atoms with E-state index >= 15 is 0 Å². The number of hydrogen-bond donors (Lipinski definition) is 1. The number of halogens is 2. The highest BCUT2D eigenvalue weighted by Gasteiger charge is 2.30. The fourth-order valence-corrected chi connectivity index (χ4v) is 2.82. The third-order valence-corrected chi connectivity index (χ3v) is 4.57. The van der Waals surface area contributed by atoms with Crippen LogP contribution in [0, 0.1) is 0 Å². The van der Waals surface area contributed by atoms with E-state index < -0.39 is 5.54 Å². The molecule has 0 fully saturated rings. The highest BCUT2D eigenvalue weighted by Crippen LogP contribution is 2.26. The van der Waals surface area contributed by atoms with Gasteiger partial charge in [0.1, 0.15) is 0 Å². The van der Waals surface area contributed by atoms with Crippen LogP contribution in [-0.4, -0.2) is 23.2 Å². The molecule has 20 heavy (non-hydrogen) atoms. The predicted molar refractivity (Wildman–Crippen MR) is 87.1 cm³/mol. The Morgan fingerprint density at radius 2 is 1.70 bits per heavy atom. The lowest BCUT2D eigenvalue weighted by Crippen LogP contribution is -2.51. The molecule has 4 heteroatoms. The van der Waals surface area contributed by atoms with E-state index in [2.05, 4.69) is 26.1 Å². The molecule has 0 aliphatic carbocycles. The number of rotatable bonds is 5. The van der Waals surface area contributed by atoms with Crippen molar-refractivity contribution in [2.24, 2.45) is 0 Å². The normalized spacial score (nSPS) is 12.3. The van der Waals surface area contributed by atoms with Crippen LogP contribution in [0.3, 0.4) is 0 Å². The van der Waals surface area contributed by atoms with Crippen LogP contribution in [0.15, 0.2) is 24.3 Å². The maximum Gasteiger partial charge on any atom is 0.252 e. The molecule has 1 N–H and O–H groups in total. The van der Waals surface area contributed by atoms with Crippen molar-refractivity contribution in [3.05, 3.63) is 35.4 Å². The van der Waals surface area contributed by atoms with Gasteiger partial charge in [-0.05, 0) is 23.5 Å². The Bertz CT molecular complexity index is 454. The topological polar surface area (TPSA) is 29.1 Å². The summed E-state index contributed by atoms with van der Waals surface area (Å²) in [5, 5.41) is 3.01. The lowest BCUT2D eigenvalue weighted by molar-refractivity contribution is 0.0911. The van der Waals surface area contributed by atoms with Gasteiger partial charge in [-0.25, -0.2) is 0 Å². The molecule has 0 atom stereocenters. The Labute approximate surface area is 131 Å². The highest BCUT2D eigenvalue weighted by molar-refractivity contribution is 6.22. The zero-order valence-corrected chi connectivity index (χ0v) is 14.1. The summed E-state index contributed by atoms with van der Waals surface area (Å²) in [5.41, 5.74) is 1.07. The Morgan fingerprint density at radius 3 is 2.15 bits per heavy atom. The van der Waals surface area contributed by atoms with Crippen LogP contribution in [0.25, 0.3) is 0 Å². The van der Waals surface area contributed by atoms with Gasteiger partial charge in [0.25, 0.3) is 5.91 Å². The molecule has 0 aliphatic heterocycles. The standard InChI is InChI=1S/C16H23Cl2NO/c1-5-16(10-17,11-18)19-14(20)12-8-6-7-9-13(12)15(2,3)4/h6-9H,5,10-11H2,1-4H3,(H,19,20). The number of carbonyl (C=O) groups excluding carboxylic acids is 1. The fourth-order valence-electron chi connectivity index (χ4n) is 2.02. The lowest BCUT2D eigenvalue weighted by atomic mass is 9.83. The van der Waals surface area contributed by atoms with Crippen LogP contribution >= 0.6 is 23.2 Å². The van der Waals surface area contributed by atoms with E-state index in [1.54, 1.807) is 0 Å². The van der Waals surface area contributed by atoms with Crippen LogP contribution in [-0.2, 0) is 5.41 Å². The summed E-state index contributed by atoms with van der Waals surface area (Å²) >= 11 is 12.0. The van der Waals surface area contributed by atoms with Crippen molar-refractivity contribution in [2.75, 3.05) is 11.8 Å². The van der Waals surface area contributed by atoms with E-state index in [-0.39, 0.29) is 11.3 Å². The molecule has 0 aliphatic rings. The maximum atomic E-state index is 12.6. The molecule has 0 spiro atoms. The van der Waals surface area contributed by atoms with Crippen LogP contribution in [0.2, 0.25) is 0 Å². The molecule has 0 bridgehead atoms. The molecule has 0 saturated carbocycles. The van der Waals surface area contributed by atoms with E-state index in [4.69, 9.17) is 23.2 Å². The minimum Gasteiger partial charge on any atom is -0.344 e. The monoisotopic (exact) mass is 315 g/mol. The van der Waals surface area contributed by atoms with E-state index in [0.717, 1.165) is 5.56 Å². The van der Waals surface area contributed by atoms with Crippen LogP contribution in [0.5, 0.6) is 0 Å². The van der Waals surface area contributed by atoms with Crippen molar-refractivity contribution in [1.29, 1.82) is 0 Å². The summed E-state index contributed by atoms with van der Waals surface area (Å²) in [5.74, 6) is 0.492. The van der Waals surface area contributed by atoms with Gasteiger partial charge in [-0.2, -0.15) is 0 Å². The number of hydrogen-bond acceptors (Lipinski definition) is 1. The minimum absolute atomic E-state index is 0.0925. The first kappa shape index (κ1) is 17.3. The Balaban J connectivity index is 3.11. The van der Waals surface area contributed by atoms with Gasteiger partial charge < -0.3 is 5.32 Å². The van der Waals surface area contributed by atoms with Gasteiger partial charge in [-0.3, -0.25) is 4.79 Å². The second-order valence-electron chi connectivity index (χ2n) is 6.15. The van der Waals surface area contributed by atoms with Gasteiger partial charge in [0.15, 0.2) is 0 Å². The molecule has 1 amide bonds. The lowest BCUT2D eigenvalue weighted by Gasteiger charge is -2.31. The summed E-state index contributed by atoms with van der Waals surface area (Å²) in [4.78, 5) is 12.6. The predicted octanol–water partition coefficient (Wildman–Crippen LogP) is 4.34. The molecule has 0 radical (unpaired) electrons. The van der Waals surface area contributed by atoms with Crippen molar-refractivity contribution >= 4 is 29.1 Å². The smallest absolute Gasteiger partial charge is 0.252 e. The van der Waals surface area contributed by atoms with Gasteiger partial charge in [0.2, 0.25) is 0 Å². The Hall–Kier alpha value is -0.730. The summed E-state index contributed by atoms with van der Waals surface area (Å²) in [7, 11) is 0. The Morgan fingerprint density at radius 1 is 1.15 bits per heavy atom. The molecule has 0 saturated heterocycles. The van der Waals surface area contributed by atoms with Crippen LogP contribution in [0.4, 0.5) is 0 Å². The molecule has 1 rings (SSSR count). The quantitative estimate of drug-likeness (QED) is 0.804. The molecule has 0 heterocycles. The first-order chi connectivity index (χ1) is 9.29. The molecular weight excluding hydrogens is 293 g/mol. The number of carbonyl (C=O) groups is 1. The number of nitrogens with one attached hydrogen (secondary N) is 1. The molecular formula is C16H23Cl2NO. The molecule has 0 aromatic heterocycles. The number of amides is 1. The second-order valence-corrected chi connectivity index (χ2v) is 6.69. The van der Waals surface area contributed by atoms with Crippen molar-refractivity contribution < 1.29 is 4.79 Å². The summed E-state index contributed by atoms with van der Waals surface area (Å²) in [6.45, 7) is 8.25. The largest absolute Gasteiger partial charge is 0.344 e. The average Bonchev–Trinajstić information content (AvgIpc) is 2.44. The fraction of sp³-hybridized carbons (Fsp3) is 0.562. The van der Waals surface area contributed by atoms with Gasteiger partial charge >= 0.3 is 0 Å². The second kappa shape index (κ2) is 6.82. The number of alkyl halides is 2. The molecule has 1 aromatic rings. The van der Waals surface area contributed by atoms with Crippen molar-refractivity contribution in [1.82, 2.24) is 5.32 Å². The minimum atomic E-state index is -0.550. The third-order valence-electron chi connectivity index (χ3n) is 3.55. The average molecular weight is 316 g/mol. The van der Waals surface area contributed by atoms with Gasteiger partial charge in [-0.1, -0.05) is 45.9 Å². The maximum absolute atomic E-state index is 12.6. The Kier molecular flexibility index (Phi) is 5.91. The van der Waals surface area contributed by atoms with Crippen LogP contribution < -0.4 is 5.32 Å². The van der Waals surface area contributed by atoms with Gasteiger partial charge in [0, 0.05) is 17.3 Å². The third kappa shape index (κ3) is 3.89. The summed E-state index contributed by atoms with van der Waals surface area (Å²) in [6, 6.07) is 7.66. The molecule has 112 valence electrons. The number of benzene rings is 1. The molecule has 1 aromatic carbocycles. The van der Waals surface area contributed by atoms with E-state index in [0.29, 0.717) is 23.7 Å². The van der Waals surface area contributed by atoms with Crippen molar-refractivity contribution in [2.45, 2.75) is 45.1 Å². The van der Waals surface area contributed by atoms with E-state index in [1.807, 2.05) is 31.2 Å². The zero-order chi connectivity index (χ0) is 15.4. The van der Waals surface area contributed by atoms with Crippen molar-refractivity contribution in [3.63, 3.8) is 0 Å². The van der Waals surface area contributed by atoms with Crippen LogP contribution in [0.1, 0.15) is 50.0 Å². The SMILES string of the molecule is CCC(CCl)(CCl)NC(=O)c1ccccc1C(C)(C)C. The zero-order valence-electron chi connectivity index (χ0n) is 12.6. The first-order valence-corrected chi connectivity index (χ1v) is 7.90.